The number of carbonyl (C=O) groups excluding carboxylic acids is 1. The molecule has 0 saturated carbocycles. The third-order valence-corrected chi connectivity index (χ3v) is 2.43. The number of aliphatic hydroxyl groups is 1. The third-order valence-electron chi connectivity index (χ3n) is 1.71. The molecule has 1 atom stereocenters. The number of hydrogen-bond donors (Lipinski definition) is 3. The molecule has 0 aromatic carbocycles. The largest absolute Gasteiger partial charge is 0.385 e. The van der Waals surface area contributed by atoms with E-state index in [1.165, 1.54) is 11.3 Å². The van der Waals surface area contributed by atoms with Crippen molar-refractivity contribution < 1.29 is 18.7 Å². The number of halogens is 2. The van der Waals surface area contributed by atoms with Crippen molar-refractivity contribution in [1.29, 1.82) is 0 Å². The van der Waals surface area contributed by atoms with Crippen LogP contribution >= 0.6 is 11.3 Å². The Hall–Kier alpha value is -1.28. The first kappa shape index (κ1) is 12.8. The lowest BCUT2D eigenvalue weighted by atomic mass is 10.3. The van der Waals surface area contributed by atoms with E-state index >= 15 is 0 Å². The summed E-state index contributed by atoms with van der Waals surface area (Å²) in [6.45, 7) is -0.476. The van der Waals surface area contributed by atoms with E-state index in [4.69, 9.17) is 10.8 Å². The van der Waals surface area contributed by atoms with Gasteiger partial charge >= 0.3 is 0 Å². The number of aromatic nitrogens is 1. The molecule has 0 aliphatic rings. The van der Waals surface area contributed by atoms with Gasteiger partial charge in [-0.15, -0.1) is 11.3 Å². The minimum Gasteiger partial charge on any atom is -0.385 e. The van der Waals surface area contributed by atoms with Gasteiger partial charge in [-0.25, -0.2) is 13.8 Å². The fraction of sp³-hybridized carbons (Fsp3) is 0.500. The first-order valence-corrected chi connectivity index (χ1v) is 5.30. The lowest BCUT2D eigenvalue weighted by Gasteiger charge is -2.09. The zero-order chi connectivity index (χ0) is 12.1. The van der Waals surface area contributed by atoms with Gasteiger partial charge in [-0.2, -0.15) is 0 Å². The van der Waals surface area contributed by atoms with Crippen LogP contribution in [0.15, 0.2) is 5.38 Å². The van der Waals surface area contributed by atoms with Crippen LogP contribution in [0.3, 0.4) is 0 Å². The van der Waals surface area contributed by atoms with Crippen molar-refractivity contribution in [2.24, 2.45) is 0 Å². The lowest BCUT2D eigenvalue weighted by Crippen LogP contribution is -2.36. The molecule has 0 aliphatic carbocycles. The Bertz CT molecular complexity index is 359. The Morgan fingerprint density at radius 2 is 2.38 bits per heavy atom. The first-order valence-electron chi connectivity index (χ1n) is 4.42. The van der Waals surface area contributed by atoms with Crippen molar-refractivity contribution in [3.05, 3.63) is 11.1 Å². The van der Waals surface area contributed by atoms with E-state index in [9.17, 15) is 13.6 Å². The van der Waals surface area contributed by atoms with Crippen molar-refractivity contribution in [1.82, 2.24) is 10.3 Å². The van der Waals surface area contributed by atoms with E-state index in [0.29, 0.717) is 10.8 Å². The highest BCUT2D eigenvalue weighted by Crippen LogP contribution is 2.11. The minimum absolute atomic E-state index is 0.0380. The van der Waals surface area contributed by atoms with Crippen LogP contribution in [-0.2, 0) is 11.2 Å². The maximum absolute atomic E-state index is 11.9. The van der Waals surface area contributed by atoms with Crippen molar-refractivity contribution >= 4 is 22.4 Å². The van der Waals surface area contributed by atoms with Gasteiger partial charge < -0.3 is 16.2 Å². The van der Waals surface area contributed by atoms with Gasteiger partial charge in [0.1, 0.15) is 6.10 Å². The summed E-state index contributed by atoms with van der Waals surface area (Å²) in [4.78, 5) is 15.0. The molecule has 0 bridgehead atoms. The molecule has 16 heavy (non-hydrogen) atoms. The van der Waals surface area contributed by atoms with Gasteiger partial charge in [0.2, 0.25) is 5.91 Å². The first-order chi connectivity index (χ1) is 7.49. The number of nitrogens with one attached hydrogen (secondary N) is 1. The number of nitrogen functional groups attached to an aromatic ring is 1. The molecule has 0 aliphatic heterocycles. The fourth-order valence-corrected chi connectivity index (χ4v) is 1.50. The zero-order valence-electron chi connectivity index (χ0n) is 8.19. The van der Waals surface area contributed by atoms with Gasteiger partial charge in [-0.05, 0) is 0 Å². The number of hydrogen-bond acceptors (Lipinski definition) is 5. The average Bonchev–Trinajstić information content (AvgIpc) is 2.60. The van der Waals surface area contributed by atoms with Gasteiger partial charge in [0.15, 0.2) is 5.13 Å². The summed E-state index contributed by atoms with van der Waals surface area (Å²) < 4.78 is 23.8. The second-order valence-corrected chi connectivity index (χ2v) is 3.95. The van der Waals surface area contributed by atoms with Gasteiger partial charge in [0.25, 0.3) is 6.43 Å². The number of thiazole rings is 1. The van der Waals surface area contributed by atoms with E-state index in [2.05, 4.69) is 10.3 Å². The Morgan fingerprint density at radius 1 is 1.69 bits per heavy atom. The highest BCUT2D eigenvalue weighted by Gasteiger charge is 2.17. The molecule has 4 N–H and O–H groups in total. The molecule has 1 aromatic rings. The molecule has 0 spiro atoms. The normalized spacial score (nSPS) is 12.8. The van der Waals surface area contributed by atoms with E-state index < -0.39 is 25.0 Å². The van der Waals surface area contributed by atoms with E-state index in [0.717, 1.165) is 0 Å². The summed E-state index contributed by atoms with van der Waals surface area (Å²) in [7, 11) is 0. The predicted molar refractivity (Wildman–Crippen MR) is 55.3 cm³/mol. The maximum Gasteiger partial charge on any atom is 0.265 e. The predicted octanol–water partition coefficient (Wildman–Crippen LogP) is 0.0100. The summed E-state index contributed by atoms with van der Waals surface area (Å²) in [5.74, 6) is -0.481. The standard InChI is InChI=1S/C8H11F2N3O2S/c9-7(10)5(14)2-12-6(15)1-4-3-16-8(11)13-4/h3,5,7,14H,1-2H2,(H2,11,13)(H,12,15). The number of nitrogens with zero attached hydrogens (tertiary/aromatic N) is 1. The van der Waals surface area contributed by atoms with Gasteiger partial charge in [-0.1, -0.05) is 0 Å². The van der Waals surface area contributed by atoms with Crippen LogP contribution in [0.2, 0.25) is 0 Å². The monoisotopic (exact) mass is 251 g/mol. The smallest absolute Gasteiger partial charge is 0.265 e. The molecule has 1 heterocycles. The number of alkyl halides is 2. The Balaban J connectivity index is 2.31. The van der Waals surface area contributed by atoms with E-state index in [-0.39, 0.29) is 6.42 Å². The molecular formula is C8H11F2N3O2S. The van der Waals surface area contributed by atoms with Crippen LogP contribution in [0.5, 0.6) is 0 Å². The summed E-state index contributed by atoms with van der Waals surface area (Å²) in [5, 5.41) is 12.9. The second kappa shape index (κ2) is 5.71. The van der Waals surface area contributed by atoms with Crippen LogP contribution in [0.25, 0.3) is 0 Å². The van der Waals surface area contributed by atoms with Gasteiger partial charge in [0, 0.05) is 11.9 Å². The van der Waals surface area contributed by atoms with Crippen LogP contribution in [0, 0.1) is 0 Å². The molecular weight excluding hydrogens is 240 g/mol. The van der Waals surface area contributed by atoms with Crippen LogP contribution in [0.4, 0.5) is 13.9 Å². The Kier molecular flexibility index (Phi) is 4.56. The quantitative estimate of drug-likeness (QED) is 0.688. The number of amides is 1. The van der Waals surface area contributed by atoms with Crippen LogP contribution in [0.1, 0.15) is 5.69 Å². The highest BCUT2D eigenvalue weighted by atomic mass is 32.1. The molecule has 1 aromatic heterocycles. The number of nitrogens with two attached hydrogens (primary N) is 1. The molecule has 1 unspecified atom stereocenters. The van der Waals surface area contributed by atoms with Crippen LogP contribution in [-0.4, -0.2) is 35.1 Å². The highest BCUT2D eigenvalue weighted by molar-refractivity contribution is 7.13. The fourth-order valence-electron chi connectivity index (χ4n) is 0.938. The third kappa shape index (κ3) is 4.07. The summed E-state index contributed by atoms with van der Waals surface area (Å²) in [6, 6.07) is 0. The second-order valence-electron chi connectivity index (χ2n) is 3.06. The molecule has 8 heteroatoms. The number of rotatable bonds is 5. The Labute approximate surface area is 94.3 Å². The zero-order valence-corrected chi connectivity index (χ0v) is 9.01. The number of aliphatic hydroxyl groups excluding tert-OH is 1. The molecule has 90 valence electrons. The van der Waals surface area contributed by atoms with Crippen LogP contribution < -0.4 is 11.1 Å². The van der Waals surface area contributed by atoms with E-state index in [1.54, 1.807) is 5.38 Å². The molecule has 0 saturated heterocycles. The van der Waals surface area contributed by atoms with Crippen molar-refractivity contribution in [3.8, 4) is 0 Å². The van der Waals surface area contributed by atoms with Crippen molar-refractivity contribution in [3.63, 3.8) is 0 Å². The maximum atomic E-state index is 11.9. The lowest BCUT2D eigenvalue weighted by molar-refractivity contribution is -0.121. The Morgan fingerprint density at radius 3 is 2.88 bits per heavy atom. The summed E-state index contributed by atoms with van der Waals surface area (Å²) in [6.07, 6.45) is -4.75. The molecule has 5 nitrogen and oxygen atoms in total. The summed E-state index contributed by atoms with van der Waals surface area (Å²) >= 11 is 1.19. The molecule has 1 amide bonds. The van der Waals surface area contributed by atoms with Crippen molar-refractivity contribution in [2.45, 2.75) is 19.0 Å². The van der Waals surface area contributed by atoms with Gasteiger partial charge in [0.05, 0.1) is 12.1 Å². The molecule has 0 fully saturated rings. The van der Waals surface area contributed by atoms with Gasteiger partial charge in [-0.3, -0.25) is 4.79 Å². The molecule has 0 radical (unpaired) electrons. The summed E-state index contributed by atoms with van der Waals surface area (Å²) in [5.41, 5.74) is 5.83. The van der Waals surface area contributed by atoms with E-state index in [1.807, 2.05) is 0 Å². The topological polar surface area (TPSA) is 88.2 Å². The SMILES string of the molecule is Nc1nc(CC(=O)NCC(O)C(F)F)cs1. The minimum atomic E-state index is -2.87. The number of anilines is 1. The molecule has 1 rings (SSSR count). The average molecular weight is 251 g/mol. The number of carbonyl (C=O) groups is 1. The van der Waals surface area contributed by atoms with Crippen molar-refractivity contribution in [2.75, 3.05) is 12.3 Å².